The predicted octanol–water partition coefficient (Wildman–Crippen LogP) is 1.44. The summed E-state index contributed by atoms with van der Waals surface area (Å²) in [5, 5.41) is 0. The molecule has 1 aliphatic rings. The molecule has 0 atom stereocenters. The fourth-order valence-corrected chi connectivity index (χ4v) is 2.63. The zero-order chi connectivity index (χ0) is 14.7. The molecule has 0 unspecified atom stereocenters. The van der Waals surface area contributed by atoms with E-state index in [1.807, 2.05) is 4.90 Å². The normalized spacial score (nSPS) is 16.5. The van der Waals surface area contributed by atoms with Crippen LogP contribution in [0.25, 0.3) is 0 Å². The third-order valence-electron chi connectivity index (χ3n) is 3.89. The van der Waals surface area contributed by atoms with Crippen molar-refractivity contribution in [1.82, 2.24) is 9.80 Å². The topological polar surface area (TPSA) is 58.8 Å². The van der Waals surface area contributed by atoms with Crippen molar-refractivity contribution in [2.75, 3.05) is 40.0 Å². The van der Waals surface area contributed by atoms with E-state index in [9.17, 15) is 4.79 Å². The number of hydrogen-bond acceptors (Lipinski definition) is 4. The number of anilines is 1. The Kier molecular flexibility index (Phi) is 4.49. The summed E-state index contributed by atoms with van der Waals surface area (Å²) in [7, 11) is 5.75. The molecule has 1 aromatic rings. The number of carbonyl (C=O) groups excluding carboxylic acids is 1. The Morgan fingerprint density at radius 3 is 2.50 bits per heavy atom. The Morgan fingerprint density at radius 2 is 1.95 bits per heavy atom. The summed E-state index contributed by atoms with van der Waals surface area (Å²) < 4.78 is 5.16. The average Bonchev–Trinajstić information content (AvgIpc) is 2.45. The van der Waals surface area contributed by atoms with Crippen molar-refractivity contribution in [2.24, 2.45) is 0 Å². The number of nitrogens with two attached hydrogens (primary N) is 1. The summed E-state index contributed by atoms with van der Waals surface area (Å²) in [4.78, 5) is 16.6. The second-order valence-corrected chi connectivity index (χ2v) is 5.48. The summed E-state index contributed by atoms with van der Waals surface area (Å²) >= 11 is 0. The Bertz CT molecular complexity index is 480. The zero-order valence-corrected chi connectivity index (χ0v) is 12.4. The number of rotatable bonds is 3. The average molecular weight is 277 g/mol. The molecule has 0 aromatic heterocycles. The van der Waals surface area contributed by atoms with Crippen LogP contribution in [0.15, 0.2) is 18.2 Å². The molecule has 1 saturated heterocycles. The summed E-state index contributed by atoms with van der Waals surface area (Å²) in [6.45, 7) is 1.58. The van der Waals surface area contributed by atoms with Crippen molar-refractivity contribution < 1.29 is 9.53 Å². The SMILES string of the molecule is COc1cc(N)cc(C(=O)N2CCC(N(C)C)CC2)c1. The molecule has 0 saturated carbocycles. The van der Waals surface area contributed by atoms with Crippen molar-refractivity contribution in [2.45, 2.75) is 18.9 Å². The molecule has 0 bridgehead atoms. The summed E-state index contributed by atoms with van der Waals surface area (Å²) in [5.74, 6) is 0.657. The van der Waals surface area contributed by atoms with Crippen molar-refractivity contribution in [3.8, 4) is 5.75 Å². The van der Waals surface area contributed by atoms with Gasteiger partial charge < -0.3 is 20.3 Å². The van der Waals surface area contributed by atoms with Gasteiger partial charge in [0, 0.05) is 36.4 Å². The first-order valence-electron chi connectivity index (χ1n) is 6.91. The lowest BCUT2D eigenvalue weighted by molar-refractivity contribution is 0.0663. The van der Waals surface area contributed by atoms with Crippen LogP contribution >= 0.6 is 0 Å². The first kappa shape index (κ1) is 14.7. The molecule has 0 radical (unpaired) electrons. The largest absolute Gasteiger partial charge is 0.497 e. The molecule has 1 fully saturated rings. The lowest BCUT2D eigenvalue weighted by atomic mass is 10.0. The van der Waals surface area contributed by atoms with Gasteiger partial charge in [0.1, 0.15) is 5.75 Å². The molecule has 5 heteroatoms. The minimum atomic E-state index is 0.0350. The molecular weight excluding hydrogens is 254 g/mol. The Hall–Kier alpha value is -1.75. The maximum absolute atomic E-state index is 12.5. The lowest BCUT2D eigenvalue weighted by Gasteiger charge is -2.35. The molecule has 5 nitrogen and oxygen atoms in total. The number of piperidine rings is 1. The van der Waals surface area contributed by atoms with E-state index in [0.29, 0.717) is 23.0 Å². The predicted molar refractivity (Wildman–Crippen MR) is 80.0 cm³/mol. The van der Waals surface area contributed by atoms with Crippen LogP contribution in [0.3, 0.4) is 0 Å². The van der Waals surface area contributed by atoms with Gasteiger partial charge in [-0.15, -0.1) is 0 Å². The first-order valence-corrected chi connectivity index (χ1v) is 6.91. The third kappa shape index (κ3) is 3.22. The van der Waals surface area contributed by atoms with E-state index in [4.69, 9.17) is 10.5 Å². The van der Waals surface area contributed by atoms with Gasteiger partial charge in [-0.2, -0.15) is 0 Å². The number of nitrogen functional groups attached to an aromatic ring is 1. The minimum absolute atomic E-state index is 0.0350. The highest BCUT2D eigenvalue weighted by molar-refractivity contribution is 5.95. The highest BCUT2D eigenvalue weighted by atomic mass is 16.5. The van der Waals surface area contributed by atoms with Gasteiger partial charge in [0.05, 0.1) is 7.11 Å². The summed E-state index contributed by atoms with van der Waals surface area (Å²) in [6, 6.07) is 5.74. The van der Waals surface area contributed by atoms with Gasteiger partial charge in [-0.05, 0) is 39.1 Å². The van der Waals surface area contributed by atoms with Crippen LogP contribution in [0, 0.1) is 0 Å². The van der Waals surface area contributed by atoms with Gasteiger partial charge in [0.25, 0.3) is 5.91 Å². The summed E-state index contributed by atoms with van der Waals surface area (Å²) in [5.41, 5.74) is 6.96. The smallest absolute Gasteiger partial charge is 0.254 e. The van der Waals surface area contributed by atoms with E-state index in [0.717, 1.165) is 25.9 Å². The molecule has 1 amide bonds. The Balaban J connectivity index is 2.07. The van der Waals surface area contributed by atoms with E-state index in [1.54, 1.807) is 25.3 Å². The van der Waals surface area contributed by atoms with Gasteiger partial charge in [-0.25, -0.2) is 0 Å². The second-order valence-electron chi connectivity index (χ2n) is 5.48. The van der Waals surface area contributed by atoms with E-state index in [-0.39, 0.29) is 5.91 Å². The van der Waals surface area contributed by atoms with Crippen molar-refractivity contribution in [1.29, 1.82) is 0 Å². The monoisotopic (exact) mass is 277 g/mol. The molecule has 1 aliphatic heterocycles. The zero-order valence-electron chi connectivity index (χ0n) is 12.4. The Morgan fingerprint density at radius 1 is 1.30 bits per heavy atom. The van der Waals surface area contributed by atoms with Crippen molar-refractivity contribution in [3.63, 3.8) is 0 Å². The molecule has 2 rings (SSSR count). The highest BCUT2D eigenvalue weighted by Crippen LogP contribution is 2.22. The van der Waals surface area contributed by atoms with Gasteiger partial charge in [0.2, 0.25) is 0 Å². The van der Waals surface area contributed by atoms with E-state index in [2.05, 4.69) is 19.0 Å². The van der Waals surface area contributed by atoms with Crippen LogP contribution in [0.2, 0.25) is 0 Å². The number of amides is 1. The number of nitrogens with zero attached hydrogens (tertiary/aromatic N) is 2. The molecule has 0 spiro atoms. The fraction of sp³-hybridized carbons (Fsp3) is 0.533. The number of ether oxygens (including phenoxy) is 1. The third-order valence-corrected chi connectivity index (χ3v) is 3.89. The van der Waals surface area contributed by atoms with Gasteiger partial charge in [0.15, 0.2) is 0 Å². The van der Waals surface area contributed by atoms with Gasteiger partial charge >= 0.3 is 0 Å². The van der Waals surface area contributed by atoms with Crippen LogP contribution in [-0.2, 0) is 0 Å². The number of benzene rings is 1. The van der Waals surface area contributed by atoms with Crippen molar-refractivity contribution >= 4 is 11.6 Å². The lowest BCUT2D eigenvalue weighted by Crippen LogP contribution is -2.44. The fourth-order valence-electron chi connectivity index (χ4n) is 2.63. The Labute approximate surface area is 120 Å². The minimum Gasteiger partial charge on any atom is -0.497 e. The van der Waals surface area contributed by atoms with Crippen LogP contribution in [0.5, 0.6) is 5.75 Å². The van der Waals surface area contributed by atoms with Crippen molar-refractivity contribution in [3.05, 3.63) is 23.8 Å². The molecule has 1 aromatic carbocycles. The number of likely N-dealkylation sites (tertiary alicyclic amines) is 1. The highest BCUT2D eigenvalue weighted by Gasteiger charge is 2.24. The molecule has 1 heterocycles. The number of hydrogen-bond donors (Lipinski definition) is 1. The van der Waals surface area contributed by atoms with Crippen LogP contribution in [0.4, 0.5) is 5.69 Å². The molecule has 110 valence electrons. The molecule has 2 N–H and O–H groups in total. The van der Waals surface area contributed by atoms with E-state index < -0.39 is 0 Å². The number of methoxy groups -OCH3 is 1. The van der Waals surface area contributed by atoms with E-state index in [1.165, 1.54) is 0 Å². The first-order chi connectivity index (χ1) is 9.51. The van der Waals surface area contributed by atoms with Gasteiger partial charge in [-0.3, -0.25) is 4.79 Å². The molecule has 20 heavy (non-hydrogen) atoms. The maximum Gasteiger partial charge on any atom is 0.254 e. The van der Waals surface area contributed by atoms with E-state index >= 15 is 0 Å². The van der Waals surface area contributed by atoms with Gasteiger partial charge in [-0.1, -0.05) is 0 Å². The molecule has 0 aliphatic carbocycles. The molecular formula is C15H23N3O2. The standard InChI is InChI=1S/C15H23N3O2/c1-17(2)13-4-6-18(7-5-13)15(19)11-8-12(16)10-14(9-11)20-3/h8-10,13H,4-7,16H2,1-3H3. The second kappa shape index (κ2) is 6.13. The van der Waals surface area contributed by atoms with Crippen LogP contribution < -0.4 is 10.5 Å². The van der Waals surface area contributed by atoms with Crippen LogP contribution in [-0.4, -0.2) is 56.0 Å². The quantitative estimate of drug-likeness (QED) is 0.849. The number of carbonyl (C=O) groups is 1. The van der Waals surface area contributed by atoms with Crippen LogP contribution in [0.1, 0.15) is 23.2 Å². The summed E-state index contributed by atoms with van der Waals surface area (Å²) in [6.07, 6.45) is 2.02. The maximum atomic E-state index is 12.5.